The van der Waals surface area contributed by atoms with Crippen LogP contribution in [0, 0.1) is 0 Å². The number of carbonyl (C=O) groups is 2. The number of aryl methyl sites for hydroxylation is 1. The Hall–Kier alpha value is -2.87. The van der Waals surface area contributed by atoms with E-state index in [-0.39, 0.29) is 11.8 Å². The quantitative estimate of drug-likeness (QED) is 0.817. The van der Waals surface area contributed by atoms with E-state index in [1.54, 1.807) is 42.3 Å². The van der Waals surface area contributed by atoms with Crippen LogP contribution in [0.15, 0.2) is 36.7 Å². The zero-order valence-corrected chi connectivity index (χ0v) is 15.6. The average Bonchev–Trinajstić information content (AvgIpc) is 3.11. The van der Waals surface area contributed by atoms with Crippen LogP contribution in [0.25, 0.3) is 0 Å². The largest absolute Gasteiger partial charge is 0.486 e. The van der Waals surface area contributed by atoms with Crippen molar-refractivity contribution < 1.29 is 19.1 Å². The van der Waals surface area contributed by atoms with E-state index in [1.807, 2.05) is 17.8 Å². The van der Waals surface area contributed by atoms with Gasteiger partial charge in [-0.15, -0.1) is 0 Å². The van der Waals surface area contributed by atoms with E-state index in [2.05, 4.69) is 10.3 Å². The molecule has 8 heteroatoms. The molecular weight excluding hydrogens is 348 g/mol. The van der Waals surface area contributed by atoms with Crippen LogP contribution in [-0.4, -0.2) is 58.6 Å². The molecule has 0 spiro atoms. The van der Waals surface area contributed by atoms with Gasteiger partial charge in [0.2, 0.25) is 5.91 Å². The van der Waals surface area contributed by atoms with Gasteiger partial charge in [-0.3, -0.25) is 9.59 Å². The van der Waals surface area contributed by atoms with Crippen LogP contribution in [0.5, 0.6) is 5.75 Å². The minimum atomic E-state index is -0.588. The van der Waals surface area contributed by atoms with Crippen molar-refractivity contribution in [2.45, 2.75) is 19.6 Å². The summed E-state index contributed by atoms with van der Waals surface area (Å²) >= 11 is 0. The molecule has 8 nitrogen and oxygen atoms in total. The highest BCUT2D eigenvalue weighted by atomic mass is 16.5. The third kappa shape index (κ3) is 4.85. The Kier molecular flexibility index (Phi) is 6.08. The second kappa shape index (κ2) is 8.68. The zero-order chi connectivity index (χ0) is 19.2. The van der Waals surface area contributed by atoms with Gasteiger partial charge in [0.15, 0.2) is 0 Å². The number of nitrogens with zero attached hydrogens (tertiary/aromatic N) is 3. The molecule has 0 radical (unpaired) electrons. The van der Waals surface area contributed by atoms with Crippen molar-refractivity contribution in [1.29, 1.82) is 0 Å². The molecule has 3 rings (SSSR count). The van der Waals surface area contributed by atoms with Gasteiger partial charge in [0.25, 0.3) is 5.91 Å². The van der Waals surface area contributed by atoms with Crippen LogP contribution < -0.4 is 10.1 Å². The molecule has 144 valence electrons. The van der Waals surface area contributed by atoms with Gasteiger partial charge in [0.1, 0.15) is 24.2 Å². The van der Waals surface area contributed by atoms with Crippen molar-refractivity contribution in [3.63, 3.8) is 0 Å². The van der Waals surface area contributed by atoms with Crippen molar-refractivity contribution in [2.24, 2.45) is 7.05 Å². The van der Waals surface area contributed by atoms with Gasteiger partial charge in [-0.05, 0) is 31.2 Å². The fourth-order valence-electron chi connectivity index (χ4n) is 2.79. The number of hydrogen-bond donors (Lipinski definition) is 1. The molecule has 0 saturated carbocycles. The van der Waals surface area contributed by atoms with E-state index in [0.717, 1.165) is 5.82 Å². The van der Waals surface area contributed by atoms with Crippen molar-refractivity contribution in [3.05, 3.63) is 48.0 Å². The molecule has 1 aliphatic rings. The first kappa shape index (κ1) is 18.9. The van der Waals surface area contributed by atoms with Gasteiger partial charge in [-0.1, -0.05) is 0 Å². The van der Waals surface area contributed by atoms with E-state index in [1.165, 1.54) is 0 Å². The first-order valence-electron chi connectivity index (χ1n) is 8.91. The molecule has 1 fully saturated rings. The maximum Gasteiger partial charge on any atom is 0.251 e. The maximum absolute atomic E-state index is 12.4. The summed E-state index contributed by atoms with van der Waals surface area (Å²) in [5.41, 5.74) is 0.473. The van der Waals surface area contributed by atoms with Gasteiger partial charge in [0, 0.05) is 38.1 Å². The summed E-state index contributed by atoms with van der Waals surface area (Å²) in [5, 5.41) is 2.75. The molecule has 1 N–H and O–H groups in total. The van der Waals surface area contributed by atoms with Crippen LogP contribution in [0.2, 0.25) is 0 Å². The molecule has 2 heterocycles. The number of morpholine rings is 1. The molecule has 1 aromatic heterocycles. The van der Waals surface area contributed by atoms with Gasteiger partial charge in [-0.25, -0.2) is 4.98 Å². The number of aromatic nitrogens is 2. The van der Waals surface area contributed by atoms with Crippen LogP contribution >= 0.6 is 0 Å². The average molecular weight is 372 g/mol. The lowest BCUT2D eigenvalue weighted by atomic mass is 10.2. The van der Waals surface area contributed by atoms with E-state index in [9.17, 15) is 9.59 Å². The van der Waals surface area contributed by atoms with Crippen molar-refractivity contribution in [1.82, 2.24) is 19.8 Å². The van der Waals surface area contributed by atoms with Crippen LogP contribution in [0.1, 0.15) is 23.1 Å². The Bertz CT molecular complexity index is 781. The molecule has 1 aromatic carbocycles. The van der Waals surface area contributed by atoms with Gasteiger partial charge >= 0.3 is 0 Å². The lowest BCUT2D eigenvalue weighted by Gasteiger charge is -2.29. The second-order valence-corrected chi connectivity index (χ2v) is 6.40. The zero-order valence-electron chi connectivity index (χ0n) is 15.6. The van der Waals surface area contributed by atoms with Crippen molar-refractivity contribution in [3.8, 4) is 5.75 Å². The predicted octanol–water partition coefficient (Wildman–Crippen LogP) is 0.976. The molecule has 1 atom stereocenters. The fraction of sp³-hybridized carbons (Fsp3) is 0.421. The highest BCUT2D eigenvalue weighted by molar-refractivity contribution is 5.97. The van der Waals surface area contributed by atoms with E-state index >= 15 is 0 Å². The second-order valence-electron chi connectivity index (χ2n) is 6.40. The molecule has 0 aliphatic carbocycles. The maximum atomic E-state index is 12.4. The lowest BCUT2D eigenvalue weighted by molar-refractivity contribution is -0.136. The first-order chi connectivity index (χ1) is 13.0. The Balaban J connectivity index is 1.52. The molecule has 0 bridgehead atoms. The summed E-state index contributed by atoms with van der Waals surface area (Å²) in [4.78, 5) is 30.7. The van der Waals surface area contributed by atoms with E-state index in [0.29, 0.717) is 44.2 Å². The molecule has 27 heavy (non-hydrogen) atoms. The number of hydrogen-bond acceptors (Lipinski definition) is 5. The molecule has 1 aliphatic heterocycles. The third-order valence-corrected chi connectivity index (χ3v) is 4.45. The minimum absolute atomic E-state index is 0.0957. The molecule has 1 saturated heterocycles. The smallest absolute Gasteiger partial charge is 0.251 e. The monoisotopic (exact) mass is 372 g/mol. The summed E-state index contributed by atoms with van der Waals surface area (Å²) in [6.45, 7) is 4.22. The van der Waals surface area contributed by atoms with E-state index in [4.69, 9.17) is 9.47 Å². The van der Waals surface area contributed by atoms with Crippen molar-refractivity contribution >= 4 is 11.8 Å². The highest BCUT2D eigenvalue weighted by Crippen LogP contribution is 2.14. The fourth-order valence-corrected chi connectivity index (χ4v) is 2.79. The van der Waals surface area contributed by atoms with Crippen molar-refractivity contribution in [2.75, 3.05) is 26.3 Å². The predicted molar refractivity (Wildman–Crippen MR) is 98.3 cm³/mol. The number of benzene rings is 1. The van der Waals surface area contributed by atoms with Gasteiger partial charge in [-0.2, -0.15) is 0 Å². The molecule has 2 amide bonds. The summed E-state index contributed by atoms with van der Waals surface area (Å²) < 4.78 is 12.8. The topological polar surface area (TPSA) is 85.7 Å². The third-order valence-electron chi connectivity index (χ3n) is 4.45. The Morgan fingerprint density at radius 3 is 2.59 bits per heavy atom. The summed E-state index contributed by atoms with van der Waals surface area (Å²) in [6, 6.07) is 6.22. The molecule has 1 unspecified atom stereocenters. The Morgan fingerprint density at radius 1 is 1.26 bits per heavy atom. The minimum Gasteiger partial charge on any atom is -0.486 e. The summed E-state index contributed by atoms with van der Waals surface area (Å²) in [6.07, 6.45) is 3.57. The number of imidazole rings is 1. The number of rotatable bonds is 6. The number of carbonyl (C=O) groups excluding carboxylic acids is 2. The summed E-state index contributed by atoms with van der Waals surface area (Å²) in [5.74, 6) is 1.07. The van der Waals surface area contributed by atoms with Crippen LogP contribution in [0.4, 0.5) is 0 Å². The van der Waals surface area contributed by atoms with Crippen LogP contribution in [-0.2, 0) is 23.2 Å². The summed E-state index contributed by atoms with van der Waals surface area (Å²) in [7, 11) is 1.90. The van der Waals surface area contributed by atoms with Crippen LogP contribution in [0.3, 0.4) is 0 Å². The normalized spacial score (nSPS) is 15.3. The Labute approximate surface area is 158 Å². The van der Waals surface area contributed by atoms with E-state index < -0.39 is 6.04 Å². The lowest BCUT2D eigenvalue weighted by Crippen LogP contribution is -2.50. The highest BCUT2D eigenvalue weighted by Gasteiger charge is 2.24. The number of nitrogens with one attached hydrogen (secondary N) is 1. The molecule has 2 aromatic rings. The number of ether oxygens (including phenoxy) is 2. The molecular formula is C19H24N4O4. The Morgan fingerprint density at radius 2 is 1.96 bits per heavy atom. The first-order valence-corrected chi connectivity index (χ1v) is 8.91. The number of amides is 2. The SMILES string of the molecule is CC(NC(=O)c1ccc(OCc2nccn2C)cc1)C(=O)N1CCOCC1. The van der Waals surface area contributed by atoms with Gasteiger partial charge < -0.3 is 24.3 Å². The van der Waals surface area contributed by atoms with Gasteiger partial charge in [0.05, 0.1) is 13.2 Å². The standard InChI is InChI=1S/C19H24N4O4/c1-14(19(25)23-9-11-26-12-10-23)21-18(24)15-3-5-16(6-4-15)27-13-17-20-7-8-22(17)2/h3-8,14H,9-13H2,1-2H3,(H,21,24).